The Hall–Kier alpha value is -2.73. The second kappa shape index (κ2) is 7.72. The van der Waals surface area contributed by atoms with Gasteiger partial charge in [-0.1, -0.05) is 30.3 Å². The number of ether oxygens (including phenoxy) is 2. The van der Waals surface area contributed by atoms with Gasteiger partial charge in [-0.05, 0) is 55.7 Å². The number of hydrogen-bond donors (Lipinski definition) is 1. The summed E-state index contributed by atoms with van der Waals surface area (Å²) in [6.07, 6.45) is 0.877. The van der Waals surface area contributed by atoms with Crippen LogP contribution in [-0.2, 0) is 11.2 Å². The normalized spacial score (nSPS) is 12.4. The van der Waals surface area contributed by atoms with Crippen LogP contribution in [0.15, 0.2) is 41.4 Å². The first kappa shape index (κ1) is 18.6. The Labute approximate surface area is 168 Å². The maximum absolute atomic E-state index is 12.4. The van der Waals surface area contributed by atoms with E-state index in [1.807, 2.05) is 6.07 Å². The molecule has 0 saturated heterocycles. The molecule has 144 valence electrons. The molecule has 0 saturated carbocycles. The number of anilines is 1. The van der Waals surface area contributed by atoms with Crippen molar-refractivity contribution in [3.8, 4) is 11.5 Å². The van der Waals surface area contributed by atoms with Crippen molar-refractivity contribution in [2.45, 2.75) is 32.2 Å². The molecule has 0 bridgehead atoms. The fraction of sp³-hybridized carbons (Fsp3) is 0.273. The van der Waals surface area contributed by atoms with Gasteiger partial charge in [-0.3, -0.25) is 4.79 Å². The van der Waals surface area contributed by atoms with Crippen LogP contribution < -0.4 is 14.8 Å². The third-order valence-corrected chi connectivity index (χ3v) is 5.70. The monoisotopic (exact) mass is 394 g/mol. The van der Waals surface area contributed by atoms with Gasteiger partial charge < -0.3 is 14.8 Å². The molecular formula is C22H22N2O3S. The van der Waals surface area contributed by atoms with E-state index in [1.165, 1.54) is 22.9 Å². The quantitative estimate of drug-likeness (QED) is 0.626. The minimum atomic E-state index is -0.0755. The second-order valence-electron chi connectivity index (χ2n) is 6.86. The highest BCUT2D eigenvalue weighted by Crippen LogP contribution is 2.34. The largest absolute Gasteiger partial charge is 0.454 e. The van der Waals surface area contributed by atoms with E-state index in [0.717, 1.165) is 27.9 Å². The van der Waals surface area contributed by atoms with E-state index in [4.69, 9.17) is 14.5 Å². The molecule has 6 heteroatoms. The molecule has 28 heavy (non-hydrogen) atoms. The Bertz CT molecular complexity index is 1070. The van der Waals surface area contributed by atoms with Crippen LogP contribution in [0.2, 0.25) is 0 Å². The molecule has 0 aliphatic carbocycles. The Balaban J connectivity index is 1.49. The van der Waals surface area contributed by atoms with Gasteiger partial charge in [0.05, 0.1) is 11.3 Å². The minimum absolute atomic E-state index is 0.0755. The summed E-state index contributed by atoms with van der Waals surface area (Å²) in [7, 11) is 0. The summed E-state index contributed by atoms with van der Waals surface area (Å²) in [5, 5.41) is 4.99. The summed E-state index contributed by atoms with van der Waals surface area (Å²) in [6.45, 7) is 6.51. The van der Waals surface area contributed by atoms with E-state index in [-0.39, 0.29) is 12.7 Å². The van der Waals surface area contributed by atoms with Gasteiger partial charge >= 0.3 is 0 Å². The number of rotatable bonds is 5. The summed E-state index contributed by atoms with van der Waals surface area (Å²) in [4.78, 5) is 17.3. The van der Waals surface area contributed by atoms with Crippen LogP contribution in [0, 0.1) is 13.8 Å². The standard InChI is InChI=1S/C22H22N2O3S/c1-4-15-9-16-8-13(2)7-14(3)21(16)24-22(15)28-11-20(25)23-17-5-6-18-19(10-17)27-12-26-18/h5-10H,4,11-12H2,1-3H3,(H,23,25). The van der Waals surface area contributed by atoms with Crippen molar-refractivity contribution in [1.29, 1.82) is 0 Å². The summed E-state index contributed by atoms with van der Waals surface area (Å²) in [5.74, 6) is 1.57. The number of hydrogen-bond acceptors (Lipinski definition) is 5. The SMILES string of the molecule is CCc1cc2cc(C)cc(C)c2nc1SCC(=O)Nc1ccc2c(c1)OCO2. The number of carbonyl (C=O) groups is 1. The van der Waals surface area contributed by atoms with E-state index in [9.17, 15) is 4.79 Å². The molecule has 2 aromatic carbocycles. The summed E-state index contributed by atoms with van der Waals surface area (Å²) in [5.41, 5.74) is 5.25. The zero-order valence-electron chi connectivity index (χ0n) is 16.2. The third kappa shape index (κ3) is 3.78. The number of thioether (sulfide) groups is 1. The first-order valence-corrected chi connectivity index (χ1v) is 10.2. The molecule has 3 aromatic rings. The molecule has 0 atom stereocenters. The molecule has 1 amide bonds. The average Bonchev–Trinajstić information content (AvgIpc) is 3.13. The number of fused-ring (bicyclic) bond motifs is 2. The van der Waals surface area contributed by atoms with E-state index >= 15 is 0 Å². The van der Waals surface area contributed by atoms with Gasteiger partial charge in [0, 0.05) is 17.1 Å². The second-order valence-corrected chi connectivity index (χ2v) is 7.83. The molecule has 1 aromatic heterocycles. The number of amides is 1. The first-order valence-electron chi connectivity index (χ1n) is 9.26. The lowest BCUT2D eigenvalue weighted by Gasteiger charge is -2.11. The molecule has 0 spiro atoms. The van der Waals surface area contributed by atoms with Crippen LogP contribution in [0.25, 0.3) is 10.9 Å². The number of aromatic nitrogens is 1. The zero-order chi connectivity index (χ0) is 19.7. The molecule has 0 radical (unpaired) electrons. The van der Waals surface area contributed by atoms with E-state index < -0.39 is 0 Å². The van der Waals surface area contributed by atoms with Crippen molar-refractivity contribution in [3.63, 3.8) is 0 Å². The smallest absolute Gasteiger partial charge is 0.234 e. The van der Waals surface area contributed by atoms with Gasteiger partial charge in [0.1, 0.15) is 5.03 Å². The van der Waals surface area contributed by atoms with Crippen LogP contribution in [0.5, 0.6) is 11.5 Å². The maximum atomic E-state index is 12.4. The maximum Gasteiger partial charge on any atom is 0.234 e. The predicted molar refractivity (Wildman–Crippen MR) is 113 cm³/mol. The molecule has 1 aliphatic heterocycles. The Morgan fingerprint density at radius 1 is 1.14 bits per heavy atom. The van der Waals surface area contributed by atoms with Crippen LogP contribution in [0.4, 0.5) is 5.69 Å². The number of benzene rings is 2. The van der Waals surface area contributed by atoms with Crippen LogP contribution in [-0.4, -0.2) is 23.4 Å². The van der Waals surface area contributed by atoms with Gasteiger partial charge in [0.25, 0.3) is 0 Å². The molecule has 0 fully saturated rings. The van der Waals surface area contributed by atoms with Gasteiger partial charge in [0.15, 0.2) is 11.5 Å². The number of nitrogens with zero attached hydrogens (tertiary/aromatic N) is 1. The Morgan fingerprint density at radius 2 is 1.96 bits per heavy atom. The van der Waals surface area contributed by atoms with Crippen molar-refractivity contribution in [3.05, 3.63) is 53.1 Å². The predicted octanol–water partition coefficient (Wildman–Crippen LogP) is 4.87. The van der Waals surface area contributed by atoms with Crippen molar-refractivity contribution in [2.24, 2.45) is 0 Å². The van der Waals surface area contributed by atoms with Crippen molar-refractivity contribution >= 4 is 34.3 Å². The lowest BCUT2D eigenvalue weighted by Crippen LogP contribution is -2.14. The number of aryl methyl sites for hydroxylation is 3. The van der Waals surface area contributed by atoms with E-state index in [1.54, 1.807) is 12.1 Å². The molecule has 2 heterocycles. The third-order valence-electron chi connectivity index (χ3n) is 4.67. The van der Waals surface area contributed by atoms with Crippen molar-refractivity contribution < 1.29 is 14.3 Å². The van der Waals surface area contributed by atoms with Crippen molar-refractivity contribution in [2.75, 3.05) is 17.9 Å². The van der Waals surface area contributed by atoms with E-state index in [2.05, 4.69) is 44.3 Å². The lowest BCUT2D eigenvalue weighted by atomic mass is 10.0. The fourth-order valence-electron chi connectivity index (χ4n) is 3.36. The molecule has 1 N–H and O–H groups in total. The van der Waals surface area contributed by atoms with Crippen molar-refractivity contribution in [1.82, 2.24) is 4.98 Å². The van der Waals surface area contributed by atoms with Gasteiger partial charge in [0.2, 0.25) is 12.7 Å². The number of carbonyl (C=O) groups excluding carboxylic acids is 1. The van der Waals surface area contributed by atoms with Crippen LogP contribution in [0.3, 0.4) is 0 Å². The number of nitrogens with one attached hydrogen (secondary N) is 1. The molecule has 0 unspecified atom stereocenters. The molecule has 4 rings (SSSR count). The van der Waals surface area contributed by atoms with Gasteiger partial charge in [-0.15, -0.1) is 0 Å². The zero-order valence-corrected chi connectivity index (χ0v) is 17.0. The number of pyridine rings is 1. The highest BCUT2D eigenvalue weighted by atomic mass is 32.2. The highest BCUT2D eigenvalue weighted by molar-refractivity contribution is 8.00. The molecular weight excluding hydrogens is 372 g/mol. The highest BCUT2D eigenvalue weighted by Gasteiger charge is 2.15. The molecule has 1 aliphatic rings. The van der Waals surface area contributed by atoms with Gasteiger partial charge in [-0.25, -0.2) is 4.98 Å². The van der Waals surface area contributed by atoms with Gasteiger partial charge in [-0.2, -0.15) is 0 Å². The average molecular weight is 394 g/mol. The summed E-state index contributed by atoms with van der Waals surface area (Å²) in [6, 6.07) is 11.9. The molecule has 5 nitrogen and oxygen atoms in total. The van der Waals surface area contributed by atoms with Crippen LogP contribution in [0.1, 0.15) is 23.6 Å². The summed E-state index contributed by atoms with van der Waals surface area (Å²) >= 11 is 1.47. The topological polar surface area (TPSA) is 60.5 Å². The first-order chi connectivity index (χ1) is 13.5. The lowest BCUT2D eigenvalue weighted by molar-refractivity contribution is -0.113. The minimum Gasteiger partial charge on any atom is -0.454 e. The Morgan fingerprint density at radius 3 is 2.79 bits per heavy atom. The van der Waals surface area contributed by atoms with E-state index in [0.29, 0.717) is 22.9 Å². The summed E-state index contributed by atoms with van der Waals surface area (Å²) < 4.78 is 10.6. The fourth-order valence-corrected chi connectivity index (χ4v) is 4.25. The Kier molecular flexibility index (Phi) is 5.13. The van der Waals surface area contributed by atoms with Crippen LogP contribution >= 0.6 is 11.8 Å².